The fraction of sp³-hybridized carbons (Fsp3) is 0.190. The molecule has 0 radical (unpaired) electrons. The third kappa shape index (κ3) is 4.69. The number of aryl methyl sites for hydroxylation is 1. The van der Waals surface area contributed by atoms with Crippen molar-refractivity contribution in [2.24, 2.45) is 0 Å². The summed E-state index contributed by atoms with van der Waals surface area (Å²) in [5.41, 5.74) is 3.02. The fourth-order valence-corrected chi connectivity index (χ4v) is 3.99. The highest BCUT2D eigenvalue weighted by atomic mass is 32.1. The molecule has 1 amide bonds. The molecule has 0 spiro atoms. The summed E-state index contributed by atoms with van der Waals surface area (Å²) < 4.78 is 1.80. The molecule has 9 heteroatoms. The van der Waals surface area contributed by atoms with Crippen LogP contribution in [0.5, 0.6) is 0 Å². The number of amides is 1. The molecule has 0 atom stereocenters. The Labute approximate surface area is 183 Å². The molecule has 4 rings (SSSR count). The topological polar surface area (TPSA) is 84.2 Å². The van der Waals surface area contributed by atoms with Crippen LogP contribution in [0.15, 0.2) is 54.6 Å². The molecule has 152 valence electrons. The van der Waals surface area contributed by atoms with E-state index in [1.54, 1.807) is 4.52 Å². The lowest BCUT2D eigenvalue weighted by Gasteiger charge is -2.10. The predicted molar refractivity (Wildman–Crippen MR) is 121 cm³/mol. The molecule has 0 fully saturated rings. The van der Waals surface area contributed by atoms with E-state index in [0.717, 1.165) is 38.9 Å². The number of nitrogens with zero attached hydrogens (tertiary/aromatic N) is 4. The Hall–Kier alpha value is -3.17. The van der Waals surface area contributed by atoms with Crippen LogP contribution in [0.3, 0.4) is 0 Å². The number of thiocarbonyl (C=S) groups is 1. The Balaban J connectivity index is 1.31. The van der Waals surface area contributed by atoms with E-state index in [1.165, 1.54) is 11.3 Å². The van der Waals surface area contributed by atoms with Crippen molar-refractivity contribution >= 4 is 39.5 Å². The average Bonchev–Trinajstić information content (AvgIpc) is 3.34. The molecule has 2 N–H and O–H groups in total. The van der Waals surface area contributed by atoms with Gasteiger partial charge in [-0.1, -0.05) is 72.9 Å². The minimum absolute atomic E-state index is 0.135. The Morgan fingerprint density at radius 1 is 1.07 bits per heavy atom. The van der Waals surface area contributed by atoms with Crippen molar-refractivity contribution in [1.82, 2.24) is 30.4 Å². The summed E-state index contributed by atoms with van der Waals surface area (Å²) in [4.78, 5) is 12.9. The number of aromatic nitrogens is 4. The highest BCUT2D eigenvalue weighted by molar-refractivity contribution is 7.80. The first kappa shape index (κ1) is 20.1. The Morgan fingerprint density at radius 3 is 2.57 bits per heavy atom. The van der Waals surface area contributed by atoms with Gasteiger partial charge in [0.1, 0.15) is 5.01 Å². The lowest BCUT2D eigenvalue weighted by Crippen LogP contribution is -2.39. The maximum absolute atomic E-state index is 12.1. The molecule has 0 aliphatic carbocycles. The number of hydrogen-bond donors (Lipinski definition) is 2. The zero-order valence-electron chi connectivity index (χ0n) is 16.3. The third-order valence-corrected chi connectivity index (χ3v) is 5.68. The maximum Gasteiger partial charge on any atom is 0.234 e. The zero-order valence-corrected chi connectivity index (χ0v) is 18.0. The van der Waals surface area contributed by atoms with Crippen LogP contribution in [0.2, 0.25) is 0 Å². The Bertz CT molecular complexity index is 1170. The molecule has 0 saturated heterocycles. The van der Waals surface area contributed by atoms with Crippen molar-refractivity contribution in [3.05, 3.63) is 71.5 Å². The van der Waals surface area contributed by atoms with Crippen LogP contribution in [0.4, 0.5) is 0 Å². The van der Waals surface area contributed by atoms with E-state index in [-0.39, 0.29) is 5.91 Å². The lowest BCUT2D eigenvalue weighted by molar-refractivity contribution is -0.119. The molecule has 0 aliphatic heterocycles. The number of benzene rings is 2. The van der Waals surface area contributed by atoms with E-state index in [4.69, 9.17) is 12.2 Å². The number of carbonyl (C=O) groups is 1. The van der Waals surface area contributed by atoms with Gasteiger partial charge in [-0.3, -0.25) is 4.79 Å². The smallest absolute Gasteiger partial charge is 0.234 e. The minimum atomic E-state index is -0.135. The normalized spacial score (nSPS) is 10.8. The number of hydrogen-bond acceptors (Lipinski definition) is 6. The number of fused-ring (bicyclic) bond motifs is 1. The van der Waals surface area contributed by atoms with E-state index in [1.807, 2.05) is 61.5 Å². The van der Waals surface area contributed by atoms with Gasteiger partial charge in [-0.05, 0) is 23.3 Å². The molecule has 0 bridgehead atoms. The second-order valence-electron chi connectivity index (χ2n) is 6.66. The first-order valence-corrected chi connectivity index (χ1v) is 10.8. The van der Waals surface area contributed by atoms with Crippen molar-refractivity contribution in [2.45, 2.75) is 26.3 Å². The van der Waals surface area contributed by atoms with Crippen LogP contribution in [0, 0.1) is 0 Å². The number of nitrogens with one attached hydrogen (secondary N) is 2. The van der Waals surface area contributed by atoms with Gasteiger partial charge in [0.05, 0.1) is 6.42 Å². The third-order valence-electron chi connectivity index (χ3n) is 4.49. The molecule has 7 nitrogen and oxygen atoms in total. The summed E-state index contributed by atoms with van der Waals surface area (Å²) in [6, 6.07) is 17.6. The van der Waals surface area contributed by atoms with E-state index >= 15 is 0 Å². The molecular formula is C21H20N6OS2. The second kappa shape index (κ2) is 9.10. The summed E-state index contributed by atoms with van der Waals surface area (Å²) in [6.07, 6.45) is 1.08. The summed E-state index contributed by atoms with van der Waals surface area (Å²) in [7, 11) is 0. The molecule has 0 aliphatic rings. The van der Waals surface area contributed by atoms with Gasteiger partial charge in [-0.2, -0.15) is 9.61 Å². The van der Waals surface area contributed by atoms with Gasteiger partial charge >= 0.3 is 0 Å². The Kier molecular flexibility index (Phi) is 6.10. The van der Waals surface area contributed by atoms with Crippen LogP contribution in [0.1, 0.15) is 23.9 Å². The monoisotopic (exact) mass is 436 g/mol. The molecule has 30 heavy (non-hydrogen) atoms. The molecule has 4 aromatic rings. The van der Waals surface area contributed by atoms with Gasteiger partial charge in [0.25, 0.3) is 0 Å². The minimum Gasteiger partial charge on any atom is -0.358 e. The highest BCUT2D eigenvalue weighted by Crippen LogP contribution is 2.25. The SMILES string of the molecule is CCc1nnc2sc(-c3ccc(CNC(=S)NC(=O)Cc4ccccc4)cc3)nn12. The van der Waals surface area contributed by atoms with Gasteiger partial charge in [0.2, 0.25) is 10.9 Å². The fourth-order valence-electron chi connectivity index (χ4n) is 2.94. The summed E-state index contributed by atoms with van der Waals surface area (Å²) >= 11 is 6.74. The van der Waals surface area contributed by atoms with Crippen LogP contribution in [-0.4, -0.2) is 30.8 Å². The maximum atomic E-state index is 12.1. The van der Waals surface area contributed by atoms with E-state index in [2.05, 4.69) is 25.9 Å². The van der Waals surface area contributed by atoms with E-state index < -0.39 is 0 Å². The zero-order chi connectivity index (χ0) is 20.9. The summed E-state index contributed by atoms with van der Waals surface area (Å²) in [6.45, 7) is 2.56. The van der Waals surface area contributed by atoms with Gasteiger partial charge in [0, 0.05) is 18.5 Å². The van der Waals surface area contributed by atoms with Crippen LogP contribution >= 0.6 is 23.6 Å². The van der Waals surface area contributed by atoms with E-state index in [9.17, 15) is 4.79 Å². The Morgan fingerprint density at radius 2 is 1.83 bits per heavy atom. The van der Waals surface area contributed by atoms with Gasteiger partial charge in [-0.15, -0.1) is 10.2 Å². The molecule has 0 unspecified atom stereocenters. The summed E-state index contributed by atoms with van der Waals surface area (Å²) in [5.74, 6) is 0.722. The van der Waals surface area contributed by atoms with Gasteiger partial charge in [-0.25, -0.2) is 0 Å². The van der Waals surface area contributed by atoms with Crippen molar-refractivity contribution < 1.29 is 4.79 Å². The molecule has 0 saturated carbocycles. The van der Waals surface area contributed by atoms with Gasteiger partial charge < -0.3 is 10.6 Å². The van der Waals surface area contributed by atoms with Crippen LogP contribution in [-0.2, 0) is 24.2 Å². The van der Waals surface area contributed by atoms with Crippen LogP contribution < -0.4 is 10.6 Å². The van der Waals surface area contributed by atoms with Gasteiger partial charge in [0.15, 0.2) is 10.9 Å². The quantitative estimate of drug-likeness (QED) is 0.452. The standard InChI is InChI=1S/C21H20N6OS2/c1-2-17-24-25-21-27(17)26-19(30-21)16-10-8-15(9-11-16)13-22-20(29)23-18(28)12-14-6-4-3-5-7-14/h3-11H,2,12-13H2,1H3,(H2,22,23,28,29). The second-order valence-corrected chi connectivity index (χ2v) is 8.03. The number of carbonyl (C=O) groups excluding carboxylic acids is 1. The molecular weight excluding hydrogens is 416 g/mol. The number of rotatable bonds is 6. The summed E-state index contributed by atoms with van der Waals surface area (Å²) in [5, 5.41) is 19.9. The molecule has 2 aromatic heterocycles. The van der Waals surface area contributed by atoms with Crippen LogP contribution in [0.25, 0.3) is 15.5 Å². The van der Waals surface area contributed by atoms with Crippen molar-refractivity contribution in [3.63, 3.8) is 0 Å². The molecule has 2 heterocycles. The lowest BCUT2D eigenvalue weighted by atomic mass is 10.1. The molecule has 2 aromatic carbocycles. The predicted octanol–water partition coefficient (Wildman–Crippen LogP) is 3.15. The largest absolute Gasteiger partial charge is 0.358 e. The van der Waals surface area contributed by atoms with Crippen molar-refractivity contribution in [3.8, 4) is 10.6 Å². The van der Waals surface area contributed by atoms with Crippen molar-refractivity contribution in [1.29, 1.82) is 0 Å². The first-order chi connectivity index (χ1) is 14.6. The first-order valence-electron chi connectivity index (χ1n) is 9.54. The average molecular weight is 437 g/mol. The van der Waals surface area contributed by atoms with E-state index in [0.29, 0.717) is 18.1 Å². The van der Waals surface area contributed by atoms with Crippen molar-refractivity contribution in [2.75, 3.05) is 0 Å². The highest BCUT2D eigenvalue weighted by Gasteiger charge is 2.12.